The van der Waals surface area contributed by atoms with Crippen molar-refractivity contribution >= 4 is 46.6 Å². The molecule has 2 aromatic carbocycles. The number of amides is 2. The van der Waals surface area contributed by atoms with Gasteiger partial charge in [0.2, 0.25) is 0 Å². The lowest BCUT2D eigenvalue weighted by Crippen LogP contribution is -2.27. The fourth-order valence-corrected chi connectivity index (χ4v) is 3.98. The Morgan fingerprint density at radius 1 is 1.10 bits per heavy atom. The van der Waals surface area contributed by atoms with E-state index in [0.717, 1.165) is 17.3 Å². The number of benzene rings is 2. The Bertz CT molecular complexity index is 1190. The van der Waals surface area contributed by atoms with Crippen LogP contribution >= 0.6 is 23.4 Å². The van der Waals surface area contributed by atoms with Gasteiger partial charge in [0, 0.05) is 11.6 Å². The first-order valence-corrected chi connectivity index (χ1v) is 10.0. The van der Waals surface area contributed by atoms with Crippen molar-refractivity contribution in [2.75, 3.05) is 0 Å². The molecule has 2 heterocycles. The van der Waals surface area contributed by atoms with Crippen molar-refractivity contribution in [3.63, 3.8) is 0 Å². The Balaban J connectivity index is 1.56. The van der Waals surface area contributed by atoms with E-state index in [1.165, 1.54) is 23.1 Å². The third-order valence-electron chi connectivity index (χ3n) is 4.44. The highest BCUT2D eigenvalue weighted by Crippen LogP contribution is 2.34. The Kier molecular flexibility index (Phi) is 5.48. The van der Waals surface area contributed by atoms with Crippen molar-refractivity contribution in [3.8, 4) is 11.3 Å². The summed E-state index contributed by atoms with van der Waals surface area (Å²) < 4.78 is 5.74. The largest absolute Gasteiger partial charge is 0.478 e. The molecule has 2 amide bonds. The van der Waals surface area contributed by atoms with E-state index >= 15 is 0 Å². The van der Waals surface area contributed by atoms with Crippen LogP contribution in [-0.2, 0) is 11.3 Å². The van der Waals surface area contributed by atoms with E-state index in [-0.39, 0.29) is 33.2 Å². The zero-order valence-corrected chi connectivity index (χ0v) is 16.9. The van der Waals surface area contributed by atoms with Gasteiger partial charge in [-0.15, -0.1) is 0 Å². The molecule has 1 saturated heterocycles. The van der Waals surface area contributed by atoms with E-state index in [1.54, 1.807) is 18.2 Å². The van der Waals surface area contributed by atoms with Crippen molar-refractivity contribution in [2.45, 2.75) is 6.54 Å². The summed E-state index contributed by atoms with van der Waals surface area (Å²) in [5, 5.41) is 9.00. The first kappa shape index (κ1) is 20.0. The van der Waals surface area contributed by atoms with Crippen LogP contribution in [0.4, 0.5) is 4.79 Å². The lowest BCUT2D eigenvalue weighted by Gasteiger charge is -2.11. The second-order valence-corrected chi connectivity index (χ2v) is 7.86. The number of hydrogen-bond acceptors (Lipinski definition) is 5. The summed E-state index contributed by atoms with van der Waals surface area (Å²) >= 11 is 6.75. The maximum atomic E-state index is 12.7. The molecule has 6 nitrogen and oxygen atoms in total. The molecule has 1 aliphatic rings. The van der Waals surface area contributed by atoms with Crippen LogP contribution in [0.2, 0.25) is 5.02 Å². The fraction of sp³-hybridized carbons (Fsp3) is 0.0455. The second-order valence-electron chi connectivity index (χ2n) is 6.46. The van der Waals surface area contributed by atoms with Gasteiger partial charge in [-0.05, 0) is 47.7 Å². The molecule has 1 fully saturated rings. The van der Waals surface area contributed by atoms with E-state index in [4.69, 9.17) is 16.0 Å². The molecule has 3 aromatic rings. The van der Waals surface area contributed by atoms with Gasteiger partial charge >= 0.3 is 5.97 Å². The van der Waals surface area contributed by atoms with Gasteiger partial charge in [0.15, 0.2) is 0 Å². The van der Waals surface area contributed by atoms with Crippen molar-refractivity contribution in [1.82, 2.24) is 4.90 Å². The molecule has 8 heteroatoms. The number of rotatable bonds is 5. The number of carbonyl (C=O) groups is 3. The van der Waals surface area contributed by atoms with E-state index < -0.39 is 5.97 Å². The number of imide groups is 1. The number of carboxylic acids is 1. The molecular formula is C22H14ClNO5S. The summed E-state index contributed by atoms with van der Waals surface area (Å²) in [5.74, 6) is -0.724. The Morgan fingerprint density at radius 2 is 1.87 bits per heavy atom. The van der Waals surface area contributed by atoms with Gasteiger partial charge in [0.05, 0.1) is 22.0 Å². The molecule has 0 aliphatic carbocycles. The molecule has 0 bridgehead atoms. The SMILES string of the molecule is O=C(O)c1cc(-c2ccc(/C=C3\SC(=O)N(Cc4ccccc4)C3=O)o2)ccc1Cl. The molecule has 30 heavy (non-hydrogen) atoms. The summed E-state index contributed by atoms with van der Waals surface area (Å²) in [6.07, 6.45) is 1.51. The van der Waals surface area contributed by atoms with Gasteiger partial charge in [-0.2, -0.15) is 0 Å². The van der Waals surface area contributed by atoms with Gasteiger partial charge in [0.25, 0.3) is 11.1 Å². The zero-order chi connectivity index (χ0) is 21.3. The van der Waals surface area contributed by atoms with Crippen LogP contribution in [0, 0.1) is 0 Å². The molecule has 1 aliphatic heterocycles. The van der Waals surface area contributed by atoms with E-state index in [1.807, 2.05) is 30.3 Å². The van der Waals surface area contributed by atoms with Gasteiger partial charge in [-0.3, -0.25) is 14.5 Å². The molecule has 0 spiro atoms. The minimum absolute atomic E-state index is 0.0332. The minimum atomic E-state index is -1.14. The maximum absolute atomic E-state index is 12.7. The summed E-state index contributed by atoms with van der Waals surface area (Å²) in [6, 6.07) is 17.1. The average molecular weight is 440 g/mol. The predicted octanol–water partition coefficient (Wildman–Crippen LogP) is 5.53. The first-order chi connectivity index (χ1) is 14.4. The third-order valence-corrected chi connectivity index (χ3v) is 5.68. The number of carboxylic acid groups (broad SMARTS) is 1. The fourth-order valence-electron chi connectivity index (χ4n) is 2.96. The van der Waals surface area contributed by atoms with E-state index in [0.29, 0.717) is 17.1 Å². The number of thioether (sulfide) groups is 1. The molecule has 0 unspecified atom stereocenters. The normalized spacial score (nSPS) is 15.2. The zero-order valence-electron chi connectivity index (χ0n) is 15.4. The first-order valence-electron chi connectivity index (χ1n) is 8.85. The third kappa shape index (κ3) is 4.03. The quantitative estimate of drug-likeness (QED) is 0.525. The van der Waals surface area contributed by atoms with Crippen molar-refractivity contribution in [3.05, 3.63) is 87.5 Å². The number of halogens is 1. The minimum Gasteiger partial charge on any atom is -0.478 e. The van der Waals surface area contributed by atoms with Gasteiger partial charge in [-0.1, -0.05) is 41.9 Å². The summed E-state index contributed by atoms with van der Waals surface area (Å²) in [6.45, 7) is 0.203. The average Bonchev–Trinajstić information content (AvgIpc) is 3.29. The van der Waals surface area contributed by atoms with Crippen molar-refractivity contribution in [1.29, 1.82) is 0 Å². The van der Waals surface area contributed by atoms with Crippen LogP contribution in [0.5, 0.6) is 0 Å². The molecule has 0 radical (unpaired) electrons. The molecule has 4 rings (SSSR count). The highest BCUT2D eigenvalue weighted by molar-refractivity contribution is 8.18. The molecule has 1 N–H and O–H groups in total. The molecular weight excluding hydrogens is 426 g/mol. The number of hydrogen-bond donors (Lipinski definition) is 1. The summed E-state index contributed by atoms with van der Waals surface area (Å²) in [4.78, 5) is 37.7. The van der Waals surface area contributed by atoms with Crippen LogP contribution in [0.15, 0.2) is 70.0 Å². The Labute approximate surface area is 180 Å². The van der Waals surface area contributed by atoms with Gasteiger partial charge in [-0.25, -0.2) is 4.79 Å². The van der Waals surface area contributed by atoms with Crippen LogP contribution in [0.3, 0.4) is 0 Å². The number of furan rings is 1. The Morgan fingerprint density at radius 3 is 2.60 bits per heavy atom. The van der Waals surface area contributed by atoms with Gasteiger partial charge in [0.1, 0.15) is 11.5 Å². The van der Waals surface area contributed by atoms with Crippen LogP contribution in [0.1, 0.15) is 21.7 Å². The topological polar surface area (TPSA) is 87.8 Å². The maximum Gasteiger partial charge on any atom is 0.337 e. The highest BCUT2D eigenvalue weighted by Gasteiger charge is 2.35. The Hall–Kier alpha value is -3.29. The number of carbonyl (C=O) groups excluding carboxylic acids is 2. The van der Waals surface area contributed by atoms with E-state index in [2.05, 4.69) is 0 Å². The van der Waals surface area contributed by atoms with Crippen LogP contribution in [-0.4, -0.2) is 27.1 Å². The molecule has 0 saturated carbocycles. The monoisotopic (exact) mass is 439 g/mol. The number of aromatic carboxylic acids is 1. The van der Waals surface area contributed by atoms with E-state index in [9.17, 15) is 19.5 Å². The smallest absolute Gasteiger partial charge is 0.337 e. The predicted molar refractivity (Wildman–Crippen MR) is 114 cm³/mol. The van der Waals surface area contributed by atoms with Crippen molar-refractivity contribution in [2.24, 2.45) is 0 Å². The molecule has 1 aromatic heterocycles. The highest BCUT2D eigenvalue weighted by atomic mass is 35.5. The van der Waals surface area contributed by atoms with Gasteiger partial charge < -0.3 is 9.52 Å². The summed E-state index contributed by atoms with van der Waals surface area (Å²) in [5.41, 5.74) is 1.36. The summed E-state index contributed by atoms with van der Waals surface area (Å²) in [7, 11) is 0. The lowest BCUT2D eigenvalue weighted by atomic mass is 10.1. The lowest BCUT2D eigenvalue weighted by molar-refractivity contribution is -0.123. The van der Waals surface area contributed by atoms with Crippen LogP contribution in [0.25, 0.3) is 17.4 Å². The second kappa shape index (κ2) is 8.22. The standard InChI is InChI=1S/C22H14ClNO5S/c23-17-8-6-14(10-16(17)21(26)27)18-9-7-15(29-18)11-19-20(25)24(22(28)30-19)12-13-4-2-1-3-5-13/h1-11H,12H2,(H,26,27)/b19-11-. The molecule has 150 valence electrons. The van der Waals surface area contributed by atoms with Crippen molar-refractivity contribution < 1.29 is 23.9 Å². The molecule has 0 atom stereocenters. The number of nitrogens with zero attached hydrogens (tertiary/aromatic N) is 1. The van der Waals surface area contributed by atoms with Crippen LogP contribution < -0.4 is 0 Å².